The molecular formula is C24H32F3N7O4S2. The van der Waals surface area contributed by atoms with Crippen LogP contribution in [-0.4, -0.2) is 63.7 Å². The number of carbonyl (C=O) groups excluding carboxylic acids is 1. The number of halogens is 3. The minimum Gasteiger partial charge on any atom is -0.476 e. The van der Waals surface area contributed by atoms with Crippen LogP contribution in [0.3, 0.4) is 0 Å². The lowest BCUT2D eigenvalue weighted by atomic mass is 9.97. The lowest BCUT2D eigenvalue weighted by molar-refractivity contribution is -0.139. The molecule has 16 heteroatoms. The van der Waals surface area contributed by atoms with E-state index in [0.717, 1.165) is 6.42 Å². The van der Waals surface area contributed by atoms with Gasteiger partial charge in [-0.25, -0.2) is 22.8 Å². The van der Waals surface area contributed by atoms with E-state index in [9.17, 15) is 26.4 Å². The molecule has 4 rings (SSSR count). The molecule has 40 heavy (non-hydrogen) atoms. The van der Waals surface area contributed by atoms with Crippen molar-refractivity contribution in [1.29, 1.82) is 0 Å². The summed E-state index contributed by atoms with van der Waals surface area (Å²) in [6.07, 6.45) is -1.87. The van der Waals surface area contributed by atoms with E-state index in [4.69, 9.17) is 4.74 Å². The highest BCUT2D eigenvalue weighted by molar-refractivity contribution is 7.90. The van der Waals surface area contributed by atoms with Gasteiger partial charge in [-0.1, -0.05) is 6.92 Å². The predicted octanol–water partition coefficient (Wildman–Crippen LogP) is 3.50. The Bertz CT molecular complexity index is 1490. The molecule has 220 valence electrons. The number of sulfonamides is 1. The number of rotatable bonds is 8. The fourth-order valence-corrected chi connectivity index (χ4v) is 5.95. The number of hydrogen-bond acceptors (Lipinski definition) is 8. The van der Waals surface area contributed by atoms with Crippen LogP contribution in [0.25, 0.3) is 5.82 Å². The Morgan fingerprint density at radius 2 is 1.93 bits per heavy atom. The molecule has 1 fully saturated rings. The number of pyridine rings is 1. The van der Waals surface area contributed by atoms with Crippen LogP contribution in [0, 0.1) is 12.8 Å². The molecule has 0 spiro atoms. The van der Waals surface area contributed by atoms with Crippen LogP contribution < -0.4 is 14.4 Å². The second kappa shape index (κ2) is 11.3. The maximum absolute atomic E-state index is 13.4. The van der Waals surface area contributed by atoms with Crippen molar-refractivity contribution in [3.05, 3.63) is 41.9 Å². The molecular weight excluding hydrogens is 571 g/mol. The van der Waals surface area contributed by atoms with E-state index in [1.54, 1.807) is 7.05 Å². The van der Waals surface area contributed by atoms with Gasteiger partial charge in [0.2, 0.25) is 5.88 Å². The van der Waals surface area contributed by atoms with Crippen molar-refractivity contribution >= 4 is 35.2 Å². The van der Waals surface area contributed by atoms with Crippen molar-refractivity contribution in [2.24, 2.45) is 13.0 Å². The summed E-state index contributed by atoms with van der Waals surface area (Å²) in [4.78, 5) is 19.8. The molecule has 1 aliphatic heterocycles. The molecule has 0 radical (unpaired) electrons. The first-order chi connectivity index (χ1) is 18.1. The Kier molecular flexibility index (Phi) is 8.84. The zero-order valence-corrected chi connectivity index (χ0v) is 24.5. The summed E-state index contributed by atoms with van der Waals surface area (Å²) in [6.45, 7) is 7.59. The maximum Gasteiger partial charge on any atom is 0.392 e. The number of carbonyl (C=O) groups is 1. The number of aromatic nitrogens is 5. The molecule has 1 saturated heterocycles. The van der Waals surface area contributed by atoms with Gasteiger partial charge < -0.3 is 9.64 Å². The van der Waals surface area contributed by atoms with Crippen molar-refractivity contribution in [1.82, 2.24) is 29.3 Å². The first-order valence-corrected chi connectivity index (χ1v) is 13.7. The van der Waals surface area contributed by atoms with Crippen molar-refractivity contribution in [2.75, 3.05) is 18.1 Å². The van der Waals surface area contributed by atoms with Gasteiger partial charge in [0.05, 0.1) is 24.3 Å². The van der Waals surface area contributed by atoms with Crippen LogP contribution in [-0.2, 0) is 17.1 Å². The third kappa shape index (κ3) is 6.89. The number of aryl methyl sites for hydroxylation is 2. The second-order valence-corrected chi connectivity index (χ2v) is 11.9. The zero-order chi connectivity index (χ0) is 28.8. The third-order valence-corrected chi connectivity index (χ3v) is 7.79. The van der Waals surface area contributed by atoms with Crippen LogP contribution >= 0.6 is 13.5 Å². The molecule has 0 aliphatic carbocycles. The van der Waals surface area contributed by atoms with Crippen LogP contribution in [0.2, 0.25) is 0 Å². The zero-order valence-electron chi connectivity index (χ0n) is 22.7. The van der Waals surface area contributed by atoms with Crippen molar-refractivity contribution in [2.45, 2.75) is 57.1 Å². The number of anilines is 1. The van der Waals surface area contributed by atoms with Gasteiger partial charge in [0.25, 0.3) is 15.9 Å². The number of alkyl halides is 3. The van der Waals surface area contributed by atoms with E-state index in [1.807, 2.05) is 18.7 Å². The van der Waals surface area contributed by atoms with E-state index >= 15 is 0 Å². The minimum atomic E-state index is -4.35. The number of nitrogens with one attached hydrogen (secondary N) is 1. The van der Waals surface area contributed by atoms with E-state index in [2.05, 4.69) is 26.8 Å². The molecule has 11 nitrogen and oxygen atoms in total. The molecule has 1 aliphatic rings. The van der Waals surface area contributed by atoms with Gasteiger partial charge in [-0.05, 0) is 45.2 Å². The molecule has 0 aromatic carbocycles. The number of nitrogens with zero attached hydrogens (tertiary/aromatic N) is 6. The molecule has 1 N–H and O–H groups in total. The summed E-state index contributed by atoms with van der Waals surface area (Å²) < 4.78 is 73.2. The first-order valence-electron chi connectivity index (χ1n) is 12.2. The lowest BCUT2D eigenvalue weighted by Crippen LogP contribution is -2.41. The van der Waals surface area contributed by atoms with Crippen LogP contribution in [0.5, 0.6) is 5.88 Å². The highest BCUT2D eigenvalue weighted by Crippen LogP contribution is 2.37. The fraction of sp³-hybridized carbons (Fsp3) is 0.500. The summed E-state index contributed by atoms with van der Waals surface area (Å²) in [6, 6.07) is 4.33. The van der Waals surface area contributed by atoms with Gasteiger partial charge >= 0.3 is 6.18 Å². The molecule has 1 amide bonds. The molecule has 0 saturated carbocycles. The first kappa shape index (κ1) is 31.3. The molecule has 0 unspecified atom stereocenters. The maximum atomic E-state index is 13.4. The number of hydrogen-bond donors (Lipinski definition) is 1. The number of amides is 1. The standard InChI is InChI=1S/C24H30F3N7O4S.H2S/c1-15-12-23(3,4)33(13-15)21-17(22(35)31-39(36,37)18-14-32(5)29-16(18)2)6-7-19(28-21)34-10-8-20(30-34)38-11-9-24(25,26)27;/h6-8,10,14-15H,9,11-13H2,1-5H3,(H,31,35);1H2/t15-;/m0./s1. The lowest BCUT2D eigenvalue weighted by Gasteiger charge is -2.34. The minimum absolute atomic E-state index is 0. The summed E-state index contributed by atoms with van der Waals surface area (Å²) in [5.74, 6) is -0.0701. The topological polar surface area (TPSA) is 124 Å². The highest BCUT2D eigenvalue weighted by Gasteiger charge is 2.39. The van der Waals surface area contributed by atoms with Gasteiger partial charge in [0.1, 0.15) is 10.7 Å². The van der Waals surface area contributed by atoms with Gasteiger partial charge in [0, 0.05) is 37.6 Å². The SMILES string of the molecule is Cc1nn(C)cc1S(=O)(=O)NC(=O)c1ccc(-n2ccc(OCCC(F)(F)F)n2)nc1N1C[C@@H](C)CC1(C)C.S. The average molecular weight is 604 g/mol. The van der Waals surface area contributed by atoms with Gasteiger partial charge in [-0.3, -0.25) is 9.48 Å². The van der Waals surface area contributed by atoms with Gasteiger partial charge in [-0.2, -0.15) is 31.8 Å². The molecule has 0 bridgehead atoms. The Morgan fingerprint density at radius 1 is 1.23 bits per heavy atom. The fourth-order valence-electron chi connectivity index (χ4n) is 4.77. The normalized spacial score (nSPS) is 17.0. The van der Waals surface area contributed by atoms with Crippen LogP contribution in [0.1, 0.15) is 49.7 Å². The van der Waals surface area contributed by atoms with Gasteiger partial charge in [0.15, 0.2) is 5.82 Å². The van der Waals surface area contributed by atoms with Crippen molar-refractivity contribution in [3.63, 3.8) is 0 Å². The smallest absolute Gasteiger partial charge is 0.392 e. The van der Waals surface area contributed by atoms with E-state index < -0.39 is 40.7 Å². The van der Waals surface area contributed by atoms with Gasteiger partial charge in [-0.15, -0.1) is 5.10 Å². The largest absolute Gasteiger partial charge is 0.476 e. The Hall–Kier alpha value is -3.27. The van der Waals surface area contributed by atoms with Crippen molar-refractivity contribution in [3.8, 4) is 11.7 Å². The predicted molar refractivity (Wildman–Crippen MR) is 146 cm³/mol. The monoisotopic (exact) mass is 603 g/mol. The van der Waals surface area contributed by atoms with Crippen molar-refractivity contribution < 1.29 is 31.1 Å². The van der Waals surface area contributed by atoms with Crippen LogP contribution in [0.4, 0.5) is 19.0 Å². The van der Waals surface area contributed by atoms with E-state index in [-0.39, 0.29) is 53.1 Å². The third-order valence-electron chi connectivity index (χ3n) is 6.35. The molecule has 3 aromatic rings. The Morgan fingerprint density at radius 3 is 2.50 bits per heavy atom. The quantitative estimate of drug-likeness (QED) is 0.415. The average Bonchev–Trinajstić information content (AvgIpc) is 3.48. The Labute approximate surface area is 237 Å². The number of ether oxygens (including phenoxy) is 1. The summed E-state index contributed by atoms with van der Waals surface area (Å²) in [7, 11) is -2.64. The van der Waals surface area contributed by atoms with E-state index in [1.165, 1.54) is 46.9 Å². The Balaban J connectivity index is 0.00000441. The highest BCUT2D eigenvalue weighted by atomic mass is 32.2. The molecule has 4 heterocycles. The molecule has 1 atom stereocenters. The molecule has 3 aromatic heterocycles. The summed E-state index contributed by atoms with van der Waals surface area (Å²) in [5.41, 5.74) is -0.109. The second-order valence-electron chi connectivity index (χ2n) is 10.3. The van der Waals surface area contributed by atoms with E-state index in [0.29, 0.717) is 6.54 Å². The summed E-state index contributed by atoms with van der Waals surface area (Å²) in [5, 5.41) is 8.18. The van der Waals surface area contributed by atoms with Crippen LogP contribution in [0.15, 0.2) is 35.5 Å². The summed E-state index contributed by atoms with van der Waals surface area (Å²) >= 11 is 0.